The van der Waals surface area contributed by atoms with Gasteiger partial charge < -0.3 is 5.11 Å². The summed E-state index contributed by atoms with van der Waals surface area (Å²) in [4.78, 5) is 0.0389. The van der Waals surface area contributed by atoms with Crippen LogP contribution in [-0.2, 0) is 10.0 Å². The SMILES string of the molecule is C=CCN(CCO)S(=O)(=O)c1ccccc1Cl. The van der Waals surface area contributed by atoms with Crippen LogP contribution in [0.15, 0.2) is 41.8 Å². The fourth-order valence-corrected chi connectivity index (χ4v) is 3.25. The van der Waals surface area contributed by atoms with Crippen molar-refractivity contribution in [2.75, 3.05) is 19.7 Å². The molecule has 0 spiro atoms. The number of hydrogen-bond acceptors (Lipinski definition) is 3. The first-order chi connectivity index (χ1) is 8.04. The molecule has 0 saturated carbocycles. The molecule has 6 heteroatoms. The Morgan fingerprint density at radius 1 is 1.41 bits per heavy atom. The summed E-state index contributed by atoms with van der Waals surface area (Å²) in [6.45, 7) is 3.39. The highest BCUT2D eigenvalue weighted by atomic mass is 35.5. The highest BCUT2D eigenvalue weighted by Gasteiger charge is 2.24. The molecular weight excluding hydrogens is 262 g/mol. The minimum atomic E-state index is -3.69. The Balaban J connectivity index is 3.16. The molecule has 1 aromatic rings. The average Bonchev–Trinajstić information content (AvgIpc) is 2.29. The third-order valence-electron chi connectivity index (χ3n) is 2.14. The predicted molar refractivity (Wildman–Crippen MR) is 67.5 cm³/mol. The van der Waals surface area contributed by atoms with Gasteiger partial charge >= 0.3 is 0 Å². The minimum absolute atomic E-state index is 0.0135. The van der Waals surface area contributed by atoms with Crippen molar-refractivity contribution in [3.63, 3.8) is 0 Å². The van der Waals surface area contributed by atoms with Crippen molar-refractivity contribution in [1.82, 2.24) is 4.31 Å². The van der Waals surface area contributed by atoms with Gasteiger partial charge in [0.1, 0.15) is 4.90 Å². The normalized spacial score (nSPS) is 11.7. The van der Waals surface area contributed by atoms with Crippen molar-refractivity contribution >= 4 is 21.6 Å². The predicted octanol–water partition coefficient (Wildman–Crippen LogP) is 1.51. The van der Waals surface area contributed by atoms with Crippen molar-refractivity contribution in [2.24, 2.45) is 0 Å². The molecule has 0 aliphatic rings. The van der Waals surface area contributed by atoms with Gasteiger partial charge in [0.05, 0.1) is 11.6 Å². The molecule has 0 radical (unpaired) electrons. The first kappa shape index (κ1) is 14.2. The lowest BCUT2D eigenvalue weighted by atomic mass is 10.4. The molecule has 0 bridgehead atoms. The van der Waals surface area contributed by atoms with Gasteiger partial charge in [-0.15, -0.1) is 6.58 Å². The molecule has 94 valence electrons. The van der Waals surface area contributed by atoms with Gasteiger partial charge in [-0.1, -0.05) is 29.8 Å². The van der Waals surface area contributed by atoms with Crippen molar-refractivity contribution in [1.29, 1.82) is 0 Å². The van der Waals surface area contributed by atoms with Crippen LogP contribution >= 0.6 is 11.6 Å². The van der Waals surface area contributed by atoms with Crippen LogP contribution in [0.5, 0.6) is 0 Å². The number of aliphatic hydroxyl groups is 1. The minimum Gasteiger partial charge on any atom is -0.395 e. The fourth-order valence-electron chi connectivity index (χ4n) is 1.36. The molecule has 0 aliphatic heterocycles. The third kappa shape index (κ3) is 3.29. The molecule has 0 heterocycles. The Bertz CT molecular complexity index is 487. The van der Waals surface area contributed by atoms with Crippen molar-refractivity contribution in [3.05, 3.63) is 41.9 Å². The smallest absolute Gasteiger partial charge is 0.244 e. The molecular formula is C11H14ClNO3S. The van der Waals surface area contributed by atoms with Crippen molar-refractivity contribution < 1.29 is 13.5 Å². The number of sulfonamides is 1. The van der Waals surface area contributed by atoms with Crippen LogP contribution in [0.25, 0.3) is 0 Å². The van der Waals surface area contributed by atoms with Crippen molar-refractivity contribution in [2.45, 2.75) is 4.90 Å². The Morgan fingerprint density at radius 2 is 2.06 bits per heavy atom. The molecule has 1 rings (SSSR count). The Labute approximate surface area is 106 Å². The summed E-state index contributed by atoms with van der Waals surface area (Å²) < 4.78 is 25.6. The third-order valence-corrected chi connectivity index (χ3v) is 4.50. The van der Waals surface area contributed by atoms with Crippen LogP contribution in [0.4, 0.5) is 0 Å². The zero-order valence-corrected chi connectivity index (χ0v) is 10.8. The standard InChI is InChI=1S/C11H14ClNO3S/c1-2-7-13(8-9-14)17(15,16)11-6-4-3-5-10(11)12/h2-6,14H,1,7-9H2. The van der Waals surface area contributed by atoms with E-state index in [9.17, 15) is 8.42 Å². The van der Waals surface area contributed by atoms with E-state index in [1.165, 1.54) is 18.2 Å². The summed E-state index contributed by atoms with van der Waals surface area (Å²) in [5, 5.41) is 9.04. The van der Waals surface area contributed by atoms with Crippen LogP contribution in [0.1, 0.15) is 0 Å². The summed E-state index contributed by atoms with van der Waals surface area (Å²) in [5.41, 5.74) is 0. The summed E-state index contributed by atoms with van der Waals surface area (Å²) in [6.07, 6.45) is 1.46. The quantitative estimate of drug-likeness (QED) is 0.801. The summed E-state index contributed by atoms with van der Waals surface area (Å²) in [7, 11) is -3.69. The molecule has 0 fully saturated rings. The van der Waals surface area contributed by atoms with E-state index in [1.54, 1.807) is 12.1 Å². The molecule has 0 aromatic heterocycles. The van der Waals surface area contributed by atoms with E-state index in [2.05, 4.69) is 6.58 Å². The van der Waals surface area contributed by atoms with Gasteiger partial charge in [-0.05, 0) is 12.1 Å². The highest BCUT2D eigenvalue weighted by molar-refractivity contribution is 7.89. The summed E-state index contributed by atoms with van der Waals surface area (Å²) in [5.74, 6) is 0. The number of rotatable bonds is 6. The lowest BCUT2D eigenvalue weighted by Crippen LogP contribution is -2.33. The number of halogens is 1. The number of hydrogen-bond donors (Lipinski definition) is 1. The number of aliphatic hydroxyl groups excluding tert-OH is 1. The maximum absolute atomic E-state index is 12.2. The maximum Gasteiger partial charge on any atom is 0.244 e. The number of nitrogens with zero attached hydrogens (tertiary/aromatic N) is 1. The fraction of sp³-hybridized carbons (Fsp3) is 0.273. The lowest BCUT2D eigenvalue weighted by molar-refractivity contribution is 0.260. The first-order valence-electron chi connectivity index (χ1n) is 5.00. The first-order valence-corrected chi connectivity index (χ1v) is 6.82. The summed E-state index contributed by atoms with van der Waals surface area (Å²) >= 11 is 5.86. The van der Waals surface area contributed by atoms with E-state index in [0.717, 1.165) is 4.31 Å². The molecule has 0 amide bonds. The van der Waals surface area contributed by atoms with E-state index in [0.29, 0.717) is 0 Å². The van der Waals surface area contributed by atoms with E-state index >= 15 is 0 Å². The number of benzene rings is 1. The van der Waals surface area contributed by atoms with Crippen molar-refractivity contribution in [3.8, 4) is 0 Å². The molecule has 17 heavy (non-hydrogen) atoms. The van der Waals surface area contributed by atoms with Crippen LogP contribution < -0.4 is 0 Å². The van der Waals surface area contributed by atoms with E-state index in [1.807, 2.05) is 0 Å². The zero-order chi connectivity index (χ0) is 12.9. The van der Waals surface area contributed by atoms with E-state index < -0.39 is 10.0 Å². The maximum atomic E-state index is 12.2. The molecule has 1 aromatic carbocycles. The summed E-state index contributed by atoms with van der Waals surface area (Å²) in [6, 6.07) is 6.21. The molecule has 0 unspecified atom stereocenters. The molecule has 0 aliphatic carbocycles. The lowest BCUT2D eigenvalue weighted by Gasteiger charge is -2.20. The van der Waals surface area contributed by atoms with Crippen LogP contribution in [0.3, 0.4) is 0 Å². The van der Waals surface area contributed by atoms with E-state index in [4.69, 9.17) is 16.7 Å². The molecule has 4 nitrogen and oxygen atoms in total. The molecule has 0 atom stereocenters. The van der Waals surface area contributed by atoms with Gasteiger partial charge in [-0.25, -0.2) is 8.42 Å². The second-order valence-electron chi connectivity index (χ2n) is 3.31. The van der Waals surface area contributed by atoms with Gasteiger partial charge in [0.15, 0.2) is 0 Å². The van der Waals surface area contributed by atoms with Crippen LogP contribution in [-0.4, -0.2) is 37.5 Å². The van der Waals surface area contributed by atoms with Gasteiger partial charge in [-0.3, -0.25) is 0 Å². The van der Waals surface area contributed by atoms with Gasteiger partial charge in [-0.2, -0.15) is 4.31 Å². The largest absolute Gasteiger partial charge is 0.395 e. The topological polar surface area (TPSA) is 57.6 Å². The Hall–Kier alpha value is -0.880. The Morgan fingerprint density at radius 3 is 2.59 bits per heavy atom. The molecule has 0 saturated heterocycles. The van der Waals surface area contributed by atoms with Gasteiger partial charge in [0.25, 0.3) is 0 Å². The van der Waals surface area contributed by atoms with Gasteiger partial charge in [0, 0.05) is 13.1 Å². The van der Waals surface area contributed by atoms with Gasteiger partial charge in [0.2, 0.25) is 10.0 Å². The van der Waals surface area contributed by atoms with Crippen LogP contribution in [0, 0.1) is 0 Å². The average molecular weight is 276 g/mol. The second kappa shape index (κ2) is 6.16. The highest BCUT2D eigenvalue weighted by Crippen LogP contribution is 2.23. The van der Waals surface area contributed by atoms with Crippen LogP contribution in [0.2, 0.25) is 5.02 Å². The molecule has 1 N–H and O–H groups in total. The zero-order valence-electron chi connectivity index (χ0n) is 9.21. The second-order valence-corrected chi connectivity index (χ2v) is 5.62. The Kier molecular flexibility index (Phi) is 5.14. The monoisotopic (exact) mass is 275 g/mol. The van der Waals surface area contributed by atoms with E-state index in [-0.39, 0.29) is 29.6 Å².